The highest BCUT2D eigenvalue weighted by Crippen LogP contribution is 2.38. The number of rotatable bonds is 1. The zero-order chi connectivity index (χ0) is 9.42. The van der Waals surface area contributed by atoms with Crippen molar-refractivity contribution in [1.29, 1.82) is 0 Å². The molecule has 0 amide bonds. The van der Waals surface area contributed by atoms with Crippen molar-refractivity contribution in [1.82, 2.24) is 0 Å². The number of hydrogen-bond acceptors (Lipinski definition) is 3. The van der Waals surface area contributed by atoms with Crippen molar-refractivity contribution in [3.63, 3.8) is 0 Å². The van der Waals surface area contributed by atoms with Crippen molar-refractivity contribution in [2.24, 2.45) is 5.73 Å². The fourth-order valence-electron chi connectivity index (χ4n) is 1.49. The molecule has 13 heavy (non-hydrogen) atoms. The monoisotopic (exact) mass is 217 g/mol. The third-order valence-corrected chi connectivity index (χ3v) is 4.22. The van der Waals surface area contributed by atoms with Crippen LogP contribution in [0.1, 0.15) is 28.3 Å². The second-order valence-corrected chi connectivity index (χ2v) is 4.79. The van der Waals surface area contributed by atoms with Gasteiger partial charge in [0.2, 0.25) is 0 Å². The molecule has 1 aliphatic heterocycles. The molecule has 2 heterocycles. The molecule has 2 nitrogen and oxygen atoms in total. The molecule has 2 rings (SSSR count). The van der Waals surface area contributed by atoms with E-state index in [1.165, 1.54) is 4.88 Å². The van der Waals surface area contributed by atoms with Gasteiger partial charge in [-0.3, -0.25) is 0 Å². The molecular formula is C9H12ClNOS. The summed E-state index contributed by atoms with van der Waals surface area (Å²) in [7, 11) is 0. The molecule has 1 atom stereocenters. The number of thiophene rings is 1. The topological polar surface area (TPSA) is 35.2 Å². The lowest BCUT2D eigenvalue weighted by molar-refractivity contribution is 0.112. The molecular weight excluding hydrogens is 206 g/mol. The third kappa shape index (κ3) is 1.62. The van der Waals surface area contributed by atoms with Crippen molar-refractivity contribution in [2.75, 3.05) is 6.61 Å². The molecule has 2 N–H and O–H groups in total. The summed E-state index contributed by atoms with van der Waals surface area (Å²) in [6.07, 6.45) is 0.979. The molecule has 0 spiro atoms. The van der Waals surface area contributed by atoms with Gasteiger partial charge in [-0.05, 0) is 6.92 Å². The van der Waals surface area contributed by atoms with E-state index in [1.807, 2.05) is 6.92 Å². The Hall–Kier alpha value is -0.0900. The van der Waals surface area contributed by atoms with Crippen LogP contribution in [0.25, 0.3) is 0 Å². The highest BCUT2D eigenvalue weighted by atomic mass is 35.5. The van der Waals surface area contributed by atoms with E-state index < -0.39 is 0 Å². The Labute approximate surface area is 86.6 Å². The predicted octanol–water partition coefficient (Wildman–Crippen LogP) is 2.49. The van der Waals surface area contributed by atoms with Crippen molar-refractivity contribution in [3.05, 3.63) is 20.3 Å². The number of ether oxygens (including phenoxy) is 1. The van der Waals surface area contributed by atoms with E-state index in [-0.39, 0.29) is 6.04 Å². The van der Waals surface area contributed by atoms with Crippen molar-refractivity contribution >= 4 is 22.9 Å². The zero-order valence-corrected chi connectivity index (χ0v) is 9.04. The Morgan fingerprint density at radius 1 is 1.62 bits per heavy atom. The lowest BCUT2D eigenvalue weighted by Gasteiger charge is -2.11. The fourth-order valence-corrected chi connectivity index (χ4v) is 3.13. The molecule has 0 aromatic carbocycles. The molecule has 0 aliphatic carbocycles. The maximum Gasteiger partial charge on any atom is 0.0742 e. The minimum Gasteiger partial charge on any atom is -0.376 e. The van der Waals surface area contributed by atoms with Crippen LogP contribution in [0.4, 0.5) is 0 Å². The number of hydrogen-bond donors (Lipinski definition) is 1. The van der Waals surface area contributed by atoms with Gasteiger partial charge >= 0.3 is 0 Å². The first kappa shape index (κ1) is 9.46. The minimum absolute atomic E-state index is 0.0306. The lowest BCUT2D eigenvalue weighted by Crippen LogP contribution is -2.06. The van der Waals surface area contributed by atoms with E-state index in [9.17, 15) is 0 Å². The highest BCUT2D eigenvalue weighted by Gasteiger charge is 2.21. The summed E-state index contributed by atoms with van der Waals surface area (Å²) in [6, 6.07) is 0.0306. The summed E-state index contributed by atoms with van der Waals surface area (Å²) in [5.74, 6) is 0. The van der Waals surface area contributed by atoms with Gasteiger partial charge in [0.1, 0.15) is 0 Å². The molecule has 72 valence electrons. The second kappa shape index (κ2) is 3.58. The average molecular weight is 218 g/mol. The Morgan fingerprint density at radius 3 is 3.00 bits per heavy atom. The molecule has 0 saturated heterocycles. The van der Waals surface area contributed by atoms with E-state index in [0.717, 1.165) is 28.5 Å². The SMILES string of the molecule is CC(N)c1sc2c(c1Cl)COCC2. The normalized spacial score (nSPS) is 18.4. The first-order chi connectivity index (χ1) is 6.20. The summed E-state index contributed by atoms with van der Waals surface area (Å²) in [5, 5.41) is 0.828. The van der Waals surface area contributed by atoms with Crippen LogP contribution in [0, 0.1) is 0 Å². The zero-order valence-electron chi connectivity index (χ0n) is 7.47. The van der Waals surface area contributed by atoms with E-state index in [4.69, 9.17) is 22.1 Å². The first-order valence-corrected chi connectivity index (χ1v) is 5.53. The summed E-state index contributed by atoms with van der Waals surface area (Å²) < 4.78 is 5.35. The van der Waals surface area contributed by atoms with E-state index in [1.54, 1.807) is 11.3 Å². The minimum atomic E-state index is 0.0306. The van der Waals surface area contributed by atoms with Crippen LogP contribution >= 0.6 is 22.9 Å². The van der Waals surface area contributed by atoms with Gasteiger partial charge in [-0.1, -0.05) is 11.6 Å². The van der Waals surface area contributed by atoms with Gasteiger partial charge < -0.3 is 10.5 Å². The maximum atomic E-state index is 6.19. The van der Waals surface area contributed by atoms with Crippen molar-refractivity contribution in [3.8, 4) is 0 Å². The van der Waals surface area contributed by atoms with Crippen LogP contribution < -0.4 is 5.73 Å². The van der Waals surface area contributed by atoms with Crippen LogP contribution in [0.5, 0.6) is 0 Å². The summed E-state index contributed by atoms with van der Waals surface area (Å²) in [6.45, 7) is 3.42. The highest BCUT2D eigenvalue weighted by molar-refractivity contribution is 7.13. The van der Waals surface area contributed by atoms with Gasteiger partial charge in [0.05, 0.1) is 18.2 Å². The summed E-state index contributed by atoms with van der Waals surface area (Å²) in [4.78, 5) is 2.45. The maximum absolute atomic E-state index is 6.19. The van der Waals surface area contributed by atoms with Gasteiger partial charge in [-0.15, -0.1) is 11.3 Å². The largest absolute Gasteiger partial charge is 0.376 e. The predicted molar refractivity (Wildman–Crippen MR) is 55.3 cm³/mol. The third-order valence-electron chi connectivity index (χ3n) is 2.18. The molecule has 1 aromatic rings. The van der Waals surface area contributed by atoms with Gasteiger partial charge in [0, 0.05) is 27.8 Å². The molecule has 0 fully saturated rings. The van der Waals surface area contributed by atoms with Crippen LogP contribution in [0.15, 0.2) is 0 Å². The van der Waals surface area contributed by atoms with E-state index in [0.29, 0.717) is 6.61 Å². The van der Waals surface area contributed by atoms with Crippen LogP contribution in [0.2, 0.25) is 5.02 Å². The molecule has 4 heteroatoms. The number of nitrogens with two attached hydrogens (primary N) is 1. The second-order valence-electron chi connectivity index (χ2n) is 3.27. The Balaban J connectivity index is 2.44. The van der Waals surface area contributed by atoms with Crippen molar-refractivity contribution in [2.45, 2.75) is 26.0 Å². The van der Waals surface area contributed by atoms with Crippen LogP contribution in [-0.4, -0.2) is 6.61 Å². The fraction of sp³-hybridized carbons (Fsp3) is 0.556. The van der Waals surface area contributed by atoms with Crippen LogP contribution in [0.3, 0.4) is 0 Å². The Morgan fingerprint density at radius 2 is 2.38 bits per heavy atom. The Kier molecular flexibility index (Phi) is 2.60. The molecule has 1 aliphatic rings. The van der Waals surface area contributed by atoms with Crippen LogP contribution in [-0.2, 0) is 17.8 Å². The lowest BCUT2D eigenvalue weighted by atomic mass is 10.1. The number of fused-ring (bicyclic) bond motifs is 1. The smallest absolute Gasteiger partial charge is 0.0742 e. The Bertz CT molecular complexity index is 322. The van der Waals surface area contributed by atoms with E-state index >= 15 is 0 Å². The quantitative estimate of drug-likeness (QED) is 0.785. The number of halogens is 1. The molecule has 1 aromatic heterocycles. The average Bonchev–Trinajstić information content (AvgIpc) is 2.45. The van der Waals surface area contributed by atoms with E-state index in [2.05, 4.69) is 0 Å². The molecule has 0 radical (unpaired) electrons. The van der Waals surface area contributed by atoms with Gasteiger partial charge in [-0.2, -0.15) is 0 Å². The standard InChI is InChI=1S/C9H12ClNOS/c1-5(11)9-8(10)6-4-12-3-2-7(6)13-9/h5H,2-4,11H2,1H3. The molecule has 0 bridgehead atoms. The van der Waals surface area contributed by atoms with Gasteiger partial charge in [-0.25, -0.2) is 0 Å². The summed E-state index contributed by atoms with van der Waals surface area (Å²) >= 11 is 7.92. The van der Waals surface area contributed by atoms with Crippen molar-refractivity contribution < 1.29 is 4.74 Å². The first-order valence-electron chi connectivity index (χ1n) is 4.33. The van der Waals surface area contributed by atoms with Gasteiger partial charge in [0.25, 0.3) is 0 Å². The van der Waals surface area contributed by atoms with Gasteiger partial charge in [0.15, 0.2) is 0 Å². The molecule has 1 unspecified atom stereocenters. The summed E-state index contributed by atoms with van der Waals surface area (Å²) in [5.41, 5.74) is 6.97. The molecule has 0 saturated carbocycles.